The van der Waals surface area contributed by atoms with Gasteiger partial charge in [-0.05, 0) is 133 Å². The largest absolute Gasteiger partial charge is 0.445 e. The summed E-state index contributed by atoms with van der Waals surface area (Å²) in [4.78, 5) is 136. The number of primary amides is 1. The lowest BCUT2D eigenvalue weighted by Gasteiger charge is -2.59. The van der Waals surface area contributed by atoms with Crippen molar-refractivity contribution in [1.82, 2.24) is 31.1 Å². The minimum atomic E-state index is -1.47. The molecule has 2 heterocycles. The summed E-state index contributed by atoms with van der Waals surface area (Å²) in [5, 5.41) is 37.6. The number of nitrogens with two attached hydrogens (primary N) is 1. The third-order valence-corrected chi connectivity index (χ3v) is 22.9. The monoisotopic (exact) mass is 1540 g/mol. The van der Waals surface area contributed by atoms with Gasteiger partial charge in [0.1, 0.15) is 24.8 Å². The number of aryl methyl sites for hydroxylation is 1. The standard InChI is InChI=1S/C83H115N9O19/c1-8-16-67-72(74-68(111-67)48-62-61-27-24-58-47-60(93)30-32-82(58,6)73(61)65(94)49-83(62,74)7)76(99)66(95)52-110-81(104)91-37-35-90(36-38-91)80(103)109-51-54-22-25-59(26-23-54)87-77(100)63(20-15-33-86-79(84)102)88-78(101)75(53(4)5)89-70(97)31-39-105-41-43-107-45-46-108-44-42-106-40-34-85-69(96)28-29-71(98)92(64-21-14-13-18-56(64)10-3)50-57-19-12-11-17-55(57)9-2/h10-14,17-19,21-23,25-26,30,32,47,53,61-63,65,67-68,72-76,94,99H,3,8-9,15-16,20,24,27-29,31,33-46,48-52H2,1-2,4-7H3,(H,85,96)(H,87,100)(H,88,101)(H,89,97)(H3,84,86,102)/t61?,62?,63-,65-,67?,68+,72?,73?,74?,75-,76+,82-,83-/m0/s1. The molecule has 6 unspecified atom stereocenters. The molecule has 3 saturated carbocycles. The van der Waals surface area contributed by atoms with E-state index in [4.69, 9.17) is 38.9 Å². The van der Waals surface area contributed by atoms with Gasteiger partial charge in [-0.25, -0.2) is 14.4 Å². The number of urea groups is 1. The summed E-state index contributed by atoms with van der Waals surface area (Å²) in [6.45, 7) is 18.2. The quantitative estimate of drug-likeness (QED) is 0.0255. The summed E-state index contributed by atoms with van der Waals surface area (Å²) in [6.07, 6.45) is 8.34. The van der Waals surface area contributed by atoms with Crippen molar-refractivity contribution < 1.29 is 91.3 Å². The minimum Gasteiger partial charge on any atom is -0.445 e. The van der Waals surface area contributed by atoms with Gasteiger partial charge >= 0.3 is 18.2 Å². The van der Waals surface area contributed by atoms with Crippen LogP contribution in [0.3, 0.4) is 0 Å². The van der Waals surface area contributed by atoms with E-state index in [1.54, 1.807) is 61.2 Å². The number of hydrogen-bond acceptors (Lipinski definition) is 19. The van der Waals surface area contributed by atoms with Gasteiger partial charge in [0.15, 0.2) is 18.2 Å². The lowest BCUT2D eigenvalue weighted by Crippen LogP contribution is -2.57. The normalized spacial score (nSPS) is 23.8. The molecule has 0 spiro atoms. The highest BCUT2D eigenvalue weighted by atomic mass is 16.6. The Morgan fingerprint density at radius 1 is 0.757 bits per heavy atom. The van der Waals surface area contributed by atoms with Crippen LogP contribution in [-0.2, 0) is 86.3 Å². The molecule has 2 saturated heterocycles. The van der Waals surface area contributed by atoms with Crippen LogP contribution in [0.4, 0.5) is 25.8 Å². The maximum Gasteiger partial charge on any atom is 0.410 e. The highest BCUT2D eigenvalue weighted by molar-refractivity contribution is 6.01. The van der Waals surface area contributed by atoms with Crippen molar-refractivity contribution in [3.63, 3.8) is 0 Å². The van der Waals surface area contributed by atoms with Crippen molar-refractivity contribution in [1.29, 1.82) is 0 Å². The number of allylic oxidation sites excluding steroid dienone is 4. The Hall–Kier alpha value is -8.90. The van der Waals surface area contributed by atoms with Crippen molar-refractivity contribution in [3.8, 4) is 0 Å². The molecule has 0 aromatic heterocycles. The van der Waals surface area contributed by atoms with Gasteiger partial charge in [-0.1, -0.05) is 127 Å². The fourth-order valence-electron chi connectivity index (χ4n) is 17.3. The molecule has 2 aliphatic heterocycles. The van der Waals surface area contributed by atoms with Gasteiger partial charge in [0.2, 0.25) is 29.5 Å². The van der Waals surface area contributed by atoms with Crippen LogP contribution < -0.4 is 37.2 Å². The summed E-state index contributed by atoms with van der Waals surface area (Å²) in [5.41, 5.74) is 10.2. The number of aliphatic hydroxyl groups is 2. The maximum absolute atomic E-state index is 13.9. The first-order chi connectivity index (χ1) is 53.4. The Kier molecular flexibility index (Phi) is 32.2. The van der Waals surface area contributed by atoms with Crippen LogP contribution in [0.2, 0.25) is 0 Å². The highest BCUT2D eigenvalue weighted by Gasteiger charge is 2.69. The zero-order chi connectivity index (χ0) is 79.8. The molecule has 13 atom stereocenters. The summed E-state index contributed by atoms with van der Waals surface area (Å²) >= 11 is 0. The Morgan fingerprint density at radius 2 is 1.41 bits per heavy atom. The number of fused-ring (bicyclic) bond motifs is 7. The number of carbonyl (C=O) groups excluding carboxylic acids is 10. The number of aliphatic hydroxyl groups excluding tert-OH is 2. The van der Waals surface area contributed by atoms with Crippen molar-refractivity contribution >= 4 is 76.8 Å². The molecule has 28 heteroatoms. The van der Waals surface area contributed by atoms with Gasteiger partial charge in [-0.3, -0.25) is 33.6 Å². The van der Waals surface area contributed by atoms with E-state index in [0.29, 0.717) is 50.5 Å². The third-order valence-electron chi connectivity index (χ3n) is 22.9. The van der Waals surface area contributed by atoms with Crippen LogP contribution in [-0.4, -0.2) is 215 Å². The Balaban J connectivity index is 0.620. The smallest absolute Gasteiger partial charge is 0.410 e. The zero-order valence-corrected chi connectivity index (χ0v) is 65.1. The van der Waals surface area contributed by atoms with Gasteiger partial charge < -0.3 is 90.4 Å². The topological polar surface area (TPSA) is 372 Å². The molecule has 6 aliphatic rings. The van der Waals surface area contributed by atoms with Crippen LogP contribution in [0.1, 0.15) is 134 Å². The molecule has 0 radical (unpaired) electrons. The molecular weight excluding hydrogens is 1430 g/mol. The Bertz CT molecular complexity index is 3770. The van der Waals surface area contributed by atoms with Gasteiger partial charge in [0, 0.05) is 81.5 Å². The lowest BCUT2D eigenvalue weighted by molar-refractivity contribution is -0.144. The van der Waals surface area contributed by atoms with E-state index in [2.05, 4.69) is 60.0 Å². The summed E-state index contributed by atoms with van der Waals surface area (Å²) < 4.78 is 40.3. The number of para-hydroxylation sites is 1. The van der Waals surface area contributed by atoms with Crippen LogP contribution in [0, 0.1) is 46.3 Å². The zero-order valence-electron chi connectivity index (χ0n) is 65.1. The van der Waals surface area contributed by atoms with E-state index in [9.17, 15) is 58.2 Å². The number of hydrogen-bond donors (Lipinski definition) is 8. The van der Waals surface area contributed by atoms with Crippen LogP contribution in [0.15, 0.2) is 103 Å². The van der Waals surface area contributed by atoms with E-state index in [1.165, 1.54) is 9.80 Å². The first kappa shape index (κ1) is 86.1. The minimum absolute atomic E-state index is 0.0232. The molecular formula is C83H115N9O19. The number of piperazine rings is 1. The van der Waals surface area contributed by atoms with Crippen LogP contribution in [0.5, 0.6) is 0 Å². The Morgan fingerprint density at radius 3 is 2.06 bits per heavy atom. The van der Waals surface area contributed by atoms with E-state index in [1.807, 2.05) is 55.5 Å². The fourth-order valence-corrected chi connectivity index (χ4v) is 17.3. The molecule has 3 aromatic carbocycles. The Labute approximate surface area is 651 Å². The average Bonchev–Trinajstić information content (AvgIpc) is 1.55. The third kappa shape index (κ3) is 22.9. The van der Waals surface area contributed by atoms with Gasteiger partial charge in [0.25, 0.3) is 0 Å². The molecule has 9 amide bonds. The van der Waals surface area contributed by atoms with Crippen molar-refractivity contribution in [2.45, 2.75) is 168 Å². The maximum atomic E-state index is 13.9. The lowest BCUT2D eigenvalue weighted by atomic mass is 9.46. The molecule has 28 nitrogen and oxygen atoms in total. The second-order valence-corrected chi connectivity index (χ2v) is 30.5. The van der Waals surface area contributed by atoms with Gasteiger partial charge in [0.05, 0.1) is 83.4 Å². The second-order valence-electron chi connectivity index (χ2n) is 30.5. The fraction of sp³-hybridized carbons (Fsp3) is 0.590. The molecule has 9 rings (SSSR count). The number of rotatable bonds is 41. The number of nitrogens with one attached hydrogen (secondary N) is 5. The average molecular weight is 1540 g/mol. The van der Waals surface area contributed by atoms with Crippen molar-refractivity contribution in [2.75, 3.05) is 109 Å². The van der Waals surface area contributed by atoms with E-state index >= 15 is 0 Å². The molecule has 3 aromatic rings. The number of benzene rings is 3. The predicted molar refractivity (Wildman–Crippen MR) is 414 cm³/mol. The molecule has 0 bridgehead atoms. The van der Waals surface area contributed by atoms with E-state index in [0.717, 1.165) is 60.1 Å². The van der Waals surface area contributed by atoms with Crippen molar-refractivity contribution in [3.05, 3.63) is 125 Å². The highest BCUT2D eigenvalue weighted by Crippen LogP contribution is 2.69. The number of carbonyl (C=O) groups is 10. The first-order valence-corrected chi connectivity index (χ1v) is 39.4. The summed E-state index contributed by atoms with van der Waals surface area (Å²) in [6, 6.07) is 19.2. The molecule has 9 N–H and O–H groups in total. The molecule has 5 fully saturated rings. The number of anilines is 2. The summed E-state index contributed by atoms with van der Waals surface area (Å²) in [5.74, 6) is -3.61. The first-order valence-electron chi connectivity index (χ1n) is 39.4. The SMILES string of the molecule is C=Cc1ccccc1N(Cc1ccccc1CC)C(=O)CCC(=O)NCCOCCOCCOCCOCCC(=O)N[C@H](C(=O)N[C@@H](CCCNC(N)=O)C(=O)Nc1ccc(COC(=O)N2CCN(C(=O)OCC(=O)[C@@H](O)C3C(CCC)O[C@@H]4CC5C6CCC7=CC(=O)C=C[C@]7(C)C6[C@@H](O)C[C@]5(C)C34)CC2)cc1)C(C)C. The number of Topliss-reactive ketones (excluding diaryl/α,β-unsaturated/α-hetero) is 1. The second kappa shape index (κ2) is 41.6. The van der Waals surface area contributed by atoms with Gasteiger partial charge in [-0.15, -0.1) is 0 Å². The number of nitrogens with zero attached hydrogens (tertiary/aromatic N) is 3. The summed E-state index contributed by atoms with van der Waals surface area (Å²) in [7, 11) is 0. The van der Waals surface area contributed by atoms with E-state index < -0.39 is 89.4 Å². The molecule has 606 valence electrons. The number of ketones is 2. The number of ether oxygens (including phenoxy) is 7. The molecule has 111 heavy (non-hydrogen) atoms. The molecule has 4 aliphatic carbocycles. The van der Waals surface area contributed by atoms with Crippen molar-refractivity contribution in [2.24, 2.45) is 52.1 Å². The predicted octanol–water partition coefficient (Wildman–Crippen LogP) is 7.50. The van der Waals surface area contributed by atoms with Crippen LogP contribution in [0.25, 0.3) is 6.08 Å². The van der Waals surface area contributed by atoms with E-state index in [-0.39, 0.29) is 170 Å². The van der Waals surface area contributed by atoms with Crippen LogP contribution >= 0.6 is 0 Å². The van der Waals surface area contributed by atoms with Gasteiger partial charge in [-0.2, -0.15) is 0 Å². The number of amides is 9.